The molecule has 1 fully saturated rings. The molecular formula is C10H11BrN6O4S2. The van der Waals surface area contributed by atoms with E-state index in [1.54, 1.807) is 0 Å². The number of piperazine rings is 1. The second kappa shape index (κ2) is 8.24. The van der Waals surface area contributed by atoms with Gasteiger partial charge in [0.15, 0.2) is 9.05 Å². The number of thiazole rings is 2. The zero-order valence-corrected chi connectivity index (χ0v) is 14.8. The second-order valence-electron chi connectivity index (χ2n) is 4.18. The standard InChI is InChI=1S/C7H10N4O2S.C3HBrN2O2S/c12-11(13)6-5-9-7(14-6)10-3-1-8-2-4-10;4-3-5-1-2(9-3)6(7)8/h5,8H,1-4H2;1H. The van der Waals surface area contributed by atoms with Gasteiger partial charge in [-0.15, -0.1) is 0 Å². The topological polar surface area (TPSA) is 127 Å². The minimum Gasteiger partial charge on any atom is -0.345 e. The van der Waals surface area contributed by atoms with Crippen LogP contribution in [0.25, 0.3) is 0 Å². The lowest BCUT2D eigenvalue weighted by atomic mass is 10.4. The number of nitrogens with zero attached hydrogens (tertiary/aromatic N) is 5. The molecule has 2 aromatic rings. The molecule has 23 heavy (non-hydrogen) atoms. The van der Waals surface area contributed by atoms with Gasteiger partial charge in [0.05, 0.1) is 9.85 Å². The van der Waals surface area contributed by atoms with E-state index in [1.165, 1.54) is 12.4 Å². The van der Waals surface area contributed by atoms with E-state index in [4.69, 9.17) is 0 Å². The summed E-state index contributed by atoms with van der Waals surface area (Å²) >= 11 is 5.14. The molecule has 0 bridgehead atoms. The number of aromatic nitrogens is 2. The Labute approximate surface area is 146 Å². The smallest absolute Gasteiger partial charge is 0.345 e. The number of nitrogens with one attached hydrogen (secondary N) is 1. The SMILES string of the molecule is O=[N+]([O-])c1cnc(Br)s1.O=[N+]([O-])c1cnc(N2CCNCC2)s1. The quantitative estimate of drug-likeness (QED) is 0.588. The van der Waals surface area contributed by atoms with Crippen molar-refractivity contribution in [3.63, 3.8) is 0 Å². The minimum absolute atomic E-state index is 0.0573. The molecule has 0 aliphatic carbocycles. The molecule has 1 saturated heterocycles. The molecular weight excluding hydrogens is 412 g/mol. The van der Waals surface area contributed by atoms with Crippen molar-refractivity contribution in [1.82, 2.24) is 15.3 Å². The van der Waals surface area contributed by atoms with Crippen molar-refractivity contribution in [2.45, 2.75) is 0 Å². The van der Waals surface area contributed by atoms with Gasteiger partial charge in [0.1, 0.15) is 12.4 Å². The van der Waals surface area contributed by atoms with Crippen molar-refractivity contribution in [1.29, 1.82) is 0 Å². The van der Waals surface area contributed by atoms with Crippen LogP contribution >= 0.6 is 38.6 Å². The summed E-state index contributed by atoms with van der Waals surface area (Å²) in [5.74, 6) is 0. The molecule has 2 aromatic heterocycles. The highest BCUT2D eigenvalue weighted by molar-refractivity contribution is 9.11. The van der Waals surface area contributed by atoms with Crippen LogP contribution in [0.4, 0.5) is 15.1 Å². The van der Waals surface area contributed by atoms with Crippen LogP contribution in [-0.4, -0.2) is 46.0 Å². The molecule has 1 N–H and O–H groups in total. The monoisotopic (exact) mass is 422 g/mol. The van der Waals surface area contributed by atoms with Gasteiger partial charge in [0.25, 0.3) is 0 Å². The summed E-state index contributed by atoms with van der Waals surface area (Å²) in [5, 5.41) is 24.5. The van der Waals surface area contributed by atoms with Crippen LogP contribution in [0, 0.1) is 20.2 Å². The fourth-order valence-electron chi connectivity index (χ4n) is 1.67. The number of nitro groups is 2. The Morgan fingerprint density at radius 1 is 1.09 bits per heavy atom. The van der Waals surface area contributed by atoms with Crippen LogP contribution in [-0.2, 0) is 0 Å². The van der Waals surface area contributed by atoms with Gasteiger partial charge in [-0.05, 0) is 38.6 Å². The highest BCUT2D eigenvalue weighted by atomic mass is 79.9. The lowest BCUT2D eigenvalue weighted by molar-refractivity contribution is -0.380. The number of rotatable bonds is 3. The van der Waals surface area contributed by atoms with E-state index >= 15 is 0 Å². The molecule has 0 saturated carbocycles. The van der Waals surface area contributed by atoms with E-state index in [-0.39, 0.29) is 10.0 Å². The largest absolute Gasteiger partial charge is 0.345 e. The Hall–Kier alpha value is -1.70. The van der Waals surface area contributed by atoms with Crippen LogP contribution < -0.4 is 10.2 Å². The third-order valence-electron chi connectivity index (χ3n) is 2.69. The van der Waals surface area contributed by atoms with Gasteiger partial charge in [-0.2, -0.15) is 0 Å². The van der Waals surface area contributed by atoms with Gasteiger partial charge < -0.3 is 10.2 Å². The average molecular weight is 423 g/mol. The van der Waals surface area contributed by atoms with Crippen molar-refractivity contribution in [2.24, 2.45) is 0 Å². The summed E-state index contributed by atoms with van der Waals surface area (Å²) < 4.78 is 0.536. The zero-order chi connectivity index (χ0) is 16.8. The van der Waals surface area contributed by atoms with Gasteiger partial charge in [-0.1, -0.05) is 0 Å². The van der Waals surface area contributed by atoms with Crippen LogP contribution in [0.2, 0.25) is 0 Å². The number of hydrogen-bond acceptors (Lipinski definition) is 10. The van der Waals surface area contributed by atoms with Crippen molar-refractivity contribution in [2.75, 3.05) is 31.1 Å². The van der Waals surface area contributed by atoms with Crippen molar-refractivity contribution < 1.29 is 9.85 Å². The van der Waals surface area contributed by atoms with Gasteiger partial charge in [-0.3, -0.25) is 20.2 Å². The Balaban J connectivity index is 0.000000185. The van der Waals surface area contributed by atoms with Crippen LogP contribution in [0.5, 0.6) is 0 Å². The van der Waals surface area contributed by atoms with E-state index in [1.807, 2.05) is 0 Å². The van der Waals surface area contributed by atoms with E-state index in [0.29, 0.717) is 3.92 Å². The maximum atomic E-state index is 10.4. The Morgan fingerprint density at radius 2 is 1.65 bits per heavy atom. The molecule has 0 atom stereocenters. The molecule has 3 heterocycles. The molecule has 13 heteroatoms. The molecule has 0 unspecified atom stereocenters. The summed E-state index contributed by atoms with van der Waals surface area (Å²) in [6.45, 7) is 3.55. The molecule has 3 rings (SSSR count). The van der Waals surface area contributed by atoms with E-state index in [9.17, 15) is 20.2 Å². The third-order valence-corrected chi connectivity index (χ3v) is 5.13. The number of halogens is 1. The summed E-state index contributed by atoms with van der Waals surface area (Å²) in [7, 11) is 0. The first-order valence-electron chi connectivity index (χ1n) is 6.29. The van der Waals surface area contributed by atoms with Gasteiger partial charge in [0, 0.05) is 26.2 Å². The molecule has 1 aliphatic heterocycles. The number of hydrogen-bond donors (Lipinski definition) is 1. The molecule has 10 nitrogen and oxygen atoms in total. The first kappa shape index (κ1) is 17.7. The minimum atomic E-state index is -0.470. The first-order valence-corrected chi connectivity index (χ1v) is 8.71. The molecule has 0 amide bonds. The summed E-state index contributed by atoms with van der Waals surface area (Å²) in [4.78, 5) is 29.3. The van der Waals surface area contributed by atoms with E-state index in [2.05, 4.69) is 36.1 Å². The molecule has 0 radical (unpaired) electrons. The first-order chi connectivity index (χ1) is 11.0. The summed E-state index contributed by atoms with van der Waals surface area (Å²) in [5.41, 5.74) is 0. The van der Waals surface area contributed by atoms with Crippen LogP contribution in [0.15, 0.2) is 16.3 Å². The lowest BCUT2D eigenvalue weighted by Crippen LogP contribution is -2.43. The number of anilines is 1. The van der Waals surface area contributed by atoms with Crippen LogP contribution in [0.1, 0.15) is 0 Å². The molecule has 0 aromatic carbocycles. The Kier molecular flexibility index (Phi) is 6.32. The van der Waals surface area contributed by atoms with Gasteiger partial charge >= 0.3 is 10.0 Å². The second-order valence-corrected chi connectivity index (χ2v) is 7.46. The lowest BCUT2D eigenvalue weighted by Gasteiger charge is -2.26. The zero-order valence-electron chi connectivity index (χ0n) is 11.5. The maximum absolute atomic E-state index is 10.4. The predicted octanol–water partition coefficient (Wildman–Crippen LogP) is 2.27. The molecule has 124 valence electrons. The third kappa shape index (κ3) is 5.16. The predicted molar refractivity (Wildman–Crippen MR) is 90.3 cm³/mol. The highest BCUT2D eigenvalue weighted by Gasteiger charge is 2.17. The van der Waals surface area contributed by atoms with Gasteiger partial charge in [-0.25, -0.2) is 9.97 Å². The normalized spacial score (nSPS) is 14.0. The van der Waals surface area contributed by atoms with E-state index in [0.717, 1.165) is 54.0 Å². The fourth-order valence-corrected chi connectivity index (χ4v) is 3.51. The Morgan fingerprint density at radius 3 is 2.09 bits per heavy atom. The van der Waals surface area contributed by atoms with Crippen LogP contribution in [0.3, 0.4) is 0 Å². The molecule has 0 spiro atoms. The maximum Gasteiger partial charge on any atom is 0.345 e. The summed E-state index contributed by atoms with van der Waals surface area (Å²) in [6, 6.07) is 0. The summed E-state index contributed by atoms with van der Waals surface area (Å²) in [6.07, 6.45) is 2.54. The van der Waals surface area contributed by atoms with Crippen molar-refractivity contribution >= 4 is 53.7 Å². The fraction of sp³-hybridized carbons (Fsp3) is 0.400. The van der Waals surface area contributed by atoms with E-state index < -0.39 is 9.85 Å². The van der Waals surface area contributed by atoms with Gasteiger partial charge in [0.2, 0.25) is 0 Å². The Bertz CT molecular complexity index is 686. The van der Waals surface area contributed by atoms with Crippen molar-refractivity contribution in [3.8, 4) is 0 Å². The average Bonchev–Trinajstić information content (AvgIpc) is 3.18. The van der Waals surface area contributed by atoms with Crippen molar-refractivity contribution in [3.05, 3.63) is 36.5 Å². The molecule has 1 aliphatic rings. The highest BCUT2D eigenvalue weighted by Crippen LogP contribution is 2.28.